The van der Waals surface area contributed by atoms with E-state index in [2.05, 4.69) is 21.4 Å². The molecular formula is C19H27N5OS. The minimum atomic E-state index is 0.188. The quantitative estimate of drug-likeness (QED) is 0.873. The van der Waals surface area contributed by atoms with Crippen molar-refractivity contribution in [2.75, 3.05) is 37.4 Å². The molecular weight excluding hydrogens is 346 g/mol. The molecule has 0 saturated carbocycles. The summed E-state index contributed by atoms with van der Waals surface area (Å²) in [5.74, 6) is 1.14. The van der Waals surface area contributed by atoms with Gasteiger partial charge in [0.05, 0.1) is 29.0 Å². The van der Waals surface area contributed by atoms with Gasteiger partial charge < -0.3 is 15.1 Å². The van der Waals surface area contributed by atoms with E-state index in [1.165, 1.54) is 0 Å². The Kier molecular flexibility index (Phi) is 6.08. The molecule has 2 aromatic rings. The van der Waals surface area contributed by atoms with Crippen molar-refractivity contribution < 1.29 is 4.79 Å². The molecule has 0 unspecified atom stereocenters. The van der Waals surface area contributed by atoms with Gasteiger partial charge >= 0.3 is 0 Å². The van der Waals surface area contributed by atoms with E-state index < -0.39 is 0 Å². The van der Waals surface area contributed by atoms with Crippen molar-refractivity contribution in [1.29, 1.82) is 0 Å². The highest BCUT2D eigenvalue weighted by Crippen LogP contribution is 2.19. The summed E-state index contributed by atoms with van der Waals surface area (Å²) in [5.41, 5.74) is 1.93. The van der Waals surface area contributed by atoms with Crippen LogP contribution in [0.2, 0.25) is 0 Å². The zero-order chi connectivity index (χ0) is 18.5. The summed E-state index contributed by atoms with van der Waals surface area (Å²) in [6, 6.07) is 4.46. The number of aromatic nitrogens is 2. The first-order valence-electron chi connectivity index (χ1n) is 9.10. The second-order valence-corrected chi connectivity index (χ2v) is 8.05. The lowest BCUT2D eigenvalue weighted by Gasteiger charge is -2.21. The largest absolute Gasteiger partial charge is 0.381 e. The van der Waals surface area contributed by atoms with Gasteiger partial charge in [0, 0.05) is 38.6 Å². The van der Waals surface area contributed by atoms with Gasteiger partial charge in [-0.05, 0) is 38.3 Å². The lowest BCUT2D eigenvalue weighted by Crippen LogP contribution is -2.33. The van der Waals surface area contributed by atoms with Crippen molar-refractivity contribution in [3.63, 3.8) is 0 Å². The van der Waals surface area contributed by atoms with Crippen LogP contribution in [0.3, 0.4) is 0 Å². The third-order valence-corrected chi connectivity index (χ3v) is 5.48. The number of rotatable bonds is 5. The Bertz CT molecular complexity index is 728. The Labute approximate surface area is 159 Å². The first kappa shape index (κ1) is 18.6. The molecule has 0 aliphatic carbocycles. The summed E-state index contributed by atoms with van der Waals surface area (Å²) in [7, 11) is 3.97. The van der Waals surface area contributed by atoms with Crippen LogP contribution in [0.5, 0.6) is 0 Å². The molecule has 1 aliphatic heterocycles. The summed E-state index contributed by atoms with van der Waals surface area (Å²) >= 11 is 1.60. The van der Waals surface area contributed by atoms with E-state index in [4.69, 9.17) is 0 Å². The first-order valence-corrected chi connectivity index (χ1v) is 9.98. The molecule has 2 aromatic heterocycles. The molecule has 1 atom stereocenters. The van der Waals surface area contributed by atoms with Crippen molar-refractivity contribution in [2.24, 2.45) is 0 Å². The van der Waals surface area contributed by atoms with Crippen molar-refractivity contribution in [3.8, 4) is 0 Å². The molecule has 0 spiro atoms. The van der Waals surface area contributed by atoms with Crippen molar-refractivity contribution in [3.05, 3.63) is 34.4 Å². The summed E-state index contributed by atoms with van der Waals surface area (Å²) in [6.45, 7) is 3.60. The molecule has 7 heteroatoms. The molecule has 1 aliphatic rings. The number of likely N-dealkylation sites (tertiary alicyclic amines) is 1. The topological polar surface area (TPSA) is 61.4 Å². The van der Waals surface area contributed by atoms with Crippen LogP contribution in [0.15, 0.2) is 23.7 Å². The third-order valence-electron chi connectivity index (χ3n) is 4.66. The average molecular weight is 374 g/mol. The number of hydrogen-bond acceptors (Lipinski definition) is 6. The van der Waals surface area contributed by atoms with E-state index >= 15 is 0 Å². The maximum Gasteiger partial charge on any atom is 0.228 e. The summed E-state index contributed by atoms with van der Waals surface area (Å²) < 4.78 is 0. The zero-order valence-corrected chi connectivity index (χ0v) is 16.6. The molecule has 1 N–H and O–H groups in total. The fourth-order valence-corrected chi connectivity index (χ4v) is 3.83. The normalized spacial score (nSPS) is 17.7. The Hall–Kier alpha value is -2.15. The van der Waals surface area contributed by atoms with Crippen LogP contribution in [0, 0.1) is 6.92 Å². The number of hydrogen-bond donors (Lipinski definition) is 1. The van der Waals surface area contributed by atoms with Gasteiger partial charge in [-0.3, -0.25) is 4.79 Å². The monoisotopic (exact) mass is 373 g/mol. The van der Waals surface area contributed by atoms with Crippen LogP contribution in [0.25, 0.3) is 0 Å². The maximum absolute atomic E-state index is 12.6. The van der Waals surface area contributed by atoms with E-state index in [9.17, 15) is 4.79 Å². The molecule has 0 radical (unpaired) electrons. The van der Waals surface area contributed by atoms with Crippen LogP contribution in [0.1, 0.15) is 30.0 Å². The number of anilines is 2. The highest BCUT2D eigenvalue weighted by molar-refractivity contribution is 7.09. The average Bonchev–Trinajstić information content (AvgIpc) is 2.88. The van der Waals surface area contributed by atoms with Gasteiger partial charge in [0.2, 0.25) is 5.91 Å². The van der Waals surface area contributed by atoms with Gasteiger partial charge in [-0.2, -0.15) is 0 Å². The van der Waals surface area contributed by atoms with Crippen LogP contribution >= 0.6 is 11.3 Å². The maximum atomic E-state index is 12.6. The molecule has 1 saturated heterocycles. The molecule has 6 nitrogen and oxygen atoms in total. The number of nitrogens with one attached hydrogen (secondary N) is 1. The van der Waals surface area contributed by atoms with E-state index in [1.54, 1.807) is 11.3 Å². The zero-order valence-electron chi connectivity index (χ0n) is 15.7. The van der Waals surface area contributed by atoms with Crippen LogP contribution in [-0.2, 0) is 11.2 Å². The molecule has 140 valence electrons. The minimum absolute atomic E-state index is 0.188. The van der Waals surface area contributed by atoms with E-state index in [0.29, 0.717) is 12.5 Å². The summed E-state index contributed by atoms with van der Waals surface area (Å²) in [5, 5.41) is 6.57. The molecule has 0 bridgehead atoms. The van der Waals surface area contributed by atoms with E-state index in [-0.39, 0.29) is 5.91 Å². The Morgan fingerprint density at radius 1 is 1.35 bits per heavy atom. The highest BCUT2D eigenvalue weighted by Gasteiger charge is 2.21. The number of amides is 1. The predicted octanol–water partition coefficient (Wildman–Crippen LogP) is 2.95. The Balaban J connectivity index is 1.52. The van der Waals surface area contributed by atoms with Crippen LogP contribution < -0.4 is 10.2 Å². The van der Waals surface area contributed by atoms with Gasteiger partial charge in [0.25, 0.3) is 0 Å². The van der Waals surface area contributed by atoms with Crippen molar-refractivity contribution >= 4 is 28.7 Å². The fourth-order valence-electron chi connectivity index (χ4n) is 3.22. The molecule has 26 heavy (non-hydrogen) atoms. The molecule has 3 rings (SSSR count). The number of nitrogens with zero attached hydrogens (tertiary/aromatic N) is 4. The lowest BCUT2D eigenvalue weighted by molar-refractivity contribution is -0.130. The second-order valence-electron chi connectivity index (χ2n) is 6.99. The molecule has 1 fully saturated rings. The van der Waals surface area contributed by atoms with Gasteiger partial charge in [-0.25, -0.2) is 9.97 Å². The van der Waals surface area contributed by atoms with Crippen LogP contribution in [-0.4, -0.2) is 54.0 Å². The number of pyridine rings is 1. The standard InChI is InChI=1S/C19H27N5OS/c1-14-21-17(13-26-14)11-19(25)24-9-4-5-15(8-10-24)22-16-6-7-18(20-12-16)23(2)3/h6-7,12-13,15,22H,4-5,8-11H2,1-3H3/t15-/m1/s1. The smallest absolute Gasteiger partial charge is 0.228 e. The summed E-state index contributed by atoms with van der Waals surface area (Å²) in [4.78, 5) is 25.4. The molecule has 0 aromatic carbocycles. The first-order chi connectivity index (χ1) is 12.5. The fraction of sp³-hybridized carbons (Fsp3) is 0.526. The van der Waals surface area contributed by atoms with Gasteiger partial charge in [-0.15, -0.1) is 11.3 Å². The number of carbonyl (C=O) groups is 1. The lowest BCUT2D eigenvalue weighted by atomic mass is 10.1. The number of aryl methyl sites for hydroxylation is 1. The minimum Gasteiger partial charge on any atom is -0.381 e. The number of thiazole rings is 1. The van der Waals surface area contributed by atoms with Gasteiger partial charge in [0.15, 0.2) is 0 Å². The SMILES string of the molecule is Cc1nc(CC(=O)N2CCC[C@@H](Nc3ccc(N(C)C)nc3)CC2)cs1. The molecule has 1 amide bonds. The third kappa shape index (κ3) is 4.94. The predicted molar refractivity (Wildman–Crippen MR) is 107 cm³/mol. The van der Waals surface area contributed by atoms with Gasteiger partial charge in [-0.1, -0.05) is 0 Å². The second kappa shape index (κ2) is 8.49. The number of carbonyl (C=O) groups excluding carboxylic acids is 1. The highest BCUT2D eigenvalue weighted by atomic mass is 32.1. The Morgan fingerprint density at radius 3 is 2.85 bits per heavy atom. The Morgan fingerprint density at radius 2 is 2.19 bits per heavy atom. The van der Waals surface area contributed by atoms with Gasteiger partial charge in [0.1, 0.15) is 5.82 Å². The van der Waals surface area contributed by atoms with Crippen molar-refractivity contribution in [1.82, 2.24) is 14.9 Å². The van der Waals surface area contributed by atoms with Crippen LogP contribution in [0.4, 0.5) is 11.5 Å². The van der Waals surface area contributed by atoms with E-state index in [0.717, 1.165) is 54.6 Å². The van der Waals surface area contributed by atoms with Crippen molar-refractivity contribution in [2.45, 2.75) is 38.6 Å². The summed E-state index contributed by atoms with van der Waals surface area (Å²) in [6.07, 6.45) is 5.33. The molecule has 3 heterocycles. The van der Waals surface area contributed by atoms with E-state index in [1.807, 2.05) is 48.5 Å².